The summed E-state index contributed by atoms with van der Waals surface area (Å²) in [5.74, 6) is 3.14. The number of nitrogens with zero attached hydrogens (tertiary/aromatic N) is 2. The van der Waals surface area contributed by atoms with Crippen molar-refractivity contribution in [2.24, 2.45) is 0 Å². The topological polar surface area (TPSA) is 66.6 Å². The second kappa shape index (κ2) is 50.9. The Balaban J connectivity index is 0.000000160. The predicted octanol–water partition coefficient (Wildman–Crippen LogP) is 38.6. The summed E-state index contributed by atoms with van der Waals surface area (Å²) in [4.78, 5) is 0. The third-order valence-corrected chi connectivity index (χ3v) is 29.6. The molecule has 0 fully saturated rings. The first-order valence-corrected chi connectivity index (χ1v) is 52.6. The first kappa shape index (κ1) is 100. The van der Waals surface area contributed by atoms with Gasteiger partial charge < -0.3 is 18.6 Å². The van der Waals surface area contributed by atoms with Gasteiger partial charge in [-0.15, -0.1) is 11.3 Å². The van der Waals surface area contributed by atoms with Crippen molar-refractivity contribution in [3.8, 4) is 39.5 Å². The van der Waals surface area contributed by atoms with E-state index in [9.17, 15) is 0 Å². The van der Waals surface area contributed by atoms with Gasteiger partial charge in [0.1, 0.15) is 45.0 Å². The lowest BCUT2D eigenvalue weighted by atomic mass is 9.70. The molecule has 4 heterocycles. The summed E-state index contributed by atoms with van der Waals surface area (Å²) >= 11 is 3.17. The molecule has 688 valence electrons. The Bertz CT molecular complexity index is 5420. The first-order valence-electron chi connectivity index (χ1n) is 51.1. The zero-order chi connectivity index (χ0) is 91.0. The van der Waals surface area contributed by atoms with Crippen LogP contribution in [0.15, 0.2) is 150 Å². The van der Waals surface area contributed by atoms with Gasteiger partial charge in [-0.25, -0.2) is 0 Å². The highest BCUT2D eigenvalue weighted by molar-refractivity contribution is 7.25. The molecule has 0 saturated carbocycles. The van der Waals surface area contributed by atoms with Crippen molar-refractivity contribution >= 4 is 87.0 Å². The Labute approximate surface area is 783 Å². The third-order valence-electron chi connectivity index (χ3n) is 28.0. The Morgan fingerprint density at radius 2 is 0.672 bits per heavy atom. The maximum absolute atomic E-state index is 7.04. The van der Waals surface area contributed by atoms with E-state index in [1.807, 2.05) is 11.3 Å². The molecule has 10 aromatic carbocycles. The number of aromatic nitrogens is 2. The van der Waals surface area contributed by atoms with Gasteiger partial charge in [-0.2, -0.15) is 8.75 Å². The van der Waals surface area contributed by atoms with Gasteiger partial charge >= 0.3 is 0 Å². The summed E-state index contributed by atoms with van der Waals surface area (Å²) in [5, 5.41) is 7.93. The number of benzene rings is 10. The van der Waals surface area contributed by atoms with E-state index >= 15 is 0 Å². The van der Waals surface area contributed by atoms with Gasteiger partial charge in [0.15, 0.2) is 0 Å². The molecule has 0 amide bonds. The maximum atomic E-state index is 7.04. The minimum absolute atomic E-state index is 0.169. The highest BCUT2D eigenvalue weighted by atomic mass is 32.1. The van der Waals surface area contributed by atoms with E-state index in [1.54, 1.807) is 11.1 Å². The third kappa shape index (κ3) is 26.6. The summed E-state index contributed by atoms with van der Waals surface area (Å²) in [6.07, 6.45) is 52.8. The molecular formula is C120H162N2O4S2. The lowest BCUT2D eigenvalue weighted by Crippen LogP contribution is -2.36. The van der Waals surface area contributed by atoms with Crippen molar-refractivity contribution in [3.05, 3.63) is 229 Å². The van der Waals surface area contributed by atoms with Crippen molar-refractivity contribution in [2.75, 3.05) is 13.2 Å². The number of hydrogen-bond donors (Lipinski definition) is 0. The van der Waals surface area contributed by atoms with Crippen molar-refractivity contribution in [2.45, 2.75) is 392 Å². The fourth-order valence-corrected chi connectivity index (χ4v) is 21.9. The minimum atomic E-state index is -0.169. The van der Waals surface area contributed by atoms with Gasteiger partial charge in [0.2, 0.25) is 0 Å². The smallest absolute Gasteiger partial charge is 0.135 e. The zero-order valence-corrected chi connectivity index (χ0v) is 84.5. The highest BCUT2D eigenvalue weighted by Crippen LogP contribution is 2.58. The molecule has 0 unspecified atom stereocenters. The molecule has 0 N–H and O–H groups in total. The van der Waals surface area contributed by atoms with Crippen molar-refractivity contribution in [3.63, 3.8) is 0 Å². The maximum Gasteiger partial charge on any atom is 0.135 e. The molecular weight excluding hydrogens is 1600 g/mol. The molecule has 1 aliphatic carbocycles. The lowest BCUT2D eigenvalue weighted by Gasteiger charge is -2.41. The number of aryl methyl sites for hydroxylation is 12. The molecule has 128 heavy (non-hydrogen) atoms. The van der Waals surface area contributed by atoms with Crippen LogP contribution >= 0.6 is 23.1 Å². The molecule has 2 aliphatic rings. The lowest BCUT2D eigenvalue weighted by molar-refractivity contribution is 0.0384. The van der Waals surface area contributed by atoms with Gasteiger partial charge in [-0.3, -0.25) is 0 Å². The molecule has 13 aromatic rings. The molecule has 0 atom stereocenters. The van der Waals surface area contributed by atoms with Crippen molar-refractivity contribution < 1.29 is 18.6 Å². The molecule has 15 rings (SSSR count). The van der Waals surface area contributed by atoms with Crippen LogP contribution in [0.2, 0.25) is 0 Å². The van der Waals surface area contributed by atoms with E-state index in [-0.39, 0.29) is 11.0 Å². The van der Waals surface area contributed by atoms with Crippen LogP contribution in [0.3, 0.4) is 0 Å². The average molecular weight is 1760 g/mol. The van der Waals surface area contributed by atoms with Gasteiger partial charge in [0.25, 0.3) is 0 Å². The second-order valence-electron chi connectivity index (χ2n) is 38.7. The quantitative estimate of drug-likeness (QED) is 0.0355. The first-order chi connectivity index (χ1) is 62.2. The number of thiophene rings is 1. The van der Waals surface area contributed by atoms with E-state index < -0.39 is 0 Å². The van der Waals surface area contributed by atoms with Crippen molar-refractivity contribution in [1.82, 2.24) is 8.75 Å². The molecule has 3 aromatic heterocycles. The Morgan fingerprint density at radius 1 is 0.289 bits per heavy atom. The number of fused-ring (bicyclic) bond motifs is 15. The van der Waals surface area contributed by atoms with Gasteiger partial charge in [0, 0.05) is 47.5 Å². The molecule has 0 radical (unpaired) electrons. The van der Waals surface area contributed by atoms with E-state index in [1.165, 1.54) is 368 Å². The molecule has 0 bridgehead atoms. The number of ether oxygens (including phenoxy) is 3. The molecule has 0 spiro atoms. The van der Waals surface area contributed by atoms with E-state index in [0.717, 1.165) is 89.3 Å². The largest absolute Gasteiger partial charge is 0.493 e. The number of hydrogen-bond acceptors (Lipinski definition) is 8. The standard InChI is InChI=1S/C35H48.C31H46O.C23H30O2.C23H30OS.C8H8N2S/c1-5-7-9-11-13-17-23-35(24-18-14-12-10-8-6-2)32-25-27(3)21-22-31(32)34-30-20-16-15-19-29(30)28(4)26-33(34)35;1-5-7-9-11-13-15-21-31(22-16-14-12-10-8-6-2)29-23-25(3)17-19-27(29)28-20-18-26(4)24-30(28)32-31;2*1-5-6-7-8-9-10-11-24-21-15-20-19-12-16(2)17(3)13-22(19)25-23(20)14-18(21)4;1-5-3-4-6(2)8-7(5)9-11-10-8/h15-16,19-22,25-26H,5-14,17-18,23-24H2,1-4H3;17-20,23-24H,5-16,21-22H2,1-4H3;2*12-15H,5-11H2,1-4H3;3-4H,1-2H3. The zero-order valence-electron chi connectivity index (χ0n) is 82.9. The summed E-state index contributed by atoms with van der Waals surface area (Å²) in [7, 11) is 0. The monoisotopic (exact) mass is 1760 g/mol. The van der Waals surface area contributed by atoms with E-state index in [4.69, 9.17) is 18.6 Å². The Kier molecular flexibility index (Phi) is 39.9. The fourth-order valence-electron chi connectivity index (χ4n) is 19.9. The van der Waals surface area contributed by atoms with Crippen molar-refractivity contribution in [1.29, 1.82) is 0 Å². The Morgan fingerprint density at radius 3 is 1.19 bits per heavy atom. The van der Waals surface area contributed by atoms with Gasteiger partial charge in [0.05, 0.1) is 24.9 Å². The molecule has 0 saturated heterocycles. The predicted molar refractivity (Wildman–Crippen MR) is 561 cm³/mol. The van der Waals surface area contributed by atoms with Crippen LogP contribution in [0.4, 0.5) is 0 Å². The summed E-state index contributed by atoms with van der Waals surface area (Å²) in [6.45, 7) is 41.4. The van der Waals surface area contributed by atoms with Gasteiger partial charge in [-0.05, 0) is 283 Å². The van der Waals surface area contributed by atoms with Crippen LogP contribution < -0.4 is 14.2 Å². The van der Waals surface area contributed by atoms with Crippen LogP contribution in [0, 0.1) is 83.1 Å². The summed E-state index contributed by atoms with van der Waals surface area (Å²) in [5.41, 5.74) is 30.0. The van der Waals surface area contributed by atoms with Crippen LogP contribution in [0.1, 0.15) is 382 Å². The van der Waals surface area contributed by atoms with Gasteiger partial charge in [-0.1, -0.05) is 349 Å². The minimum Gasteiger partial charge on any atom is -0.493 e. The number of unbranched alkanes of at least 4 members (excludes halogenated alkanes) is 30. The highest BCUT2D eigenvalue weighted by Gasteiger charge is 2.44. The molecule has 8 heteroatoms. The fraction of sp³-hybridized carbons (Fsp3) is 0.517. The van der Waals surface area contributed by atoms with Crippen LogP contribution in [0.25, 0.3) is 86.2 Å². The van der Waals surface area contributed by atoms with E-state index in [2.05, 4.69) is 279 Å². The van der Waals surface area contributed by atoms with Crippen LogP contribution in [-0.4, -0.2) is 22.0 Å². The molecule has 1 aliphatic heterocycles. The van der Waals surface area contributed by atoms with Crippen LogP contribution in [0.5, 0.6) is 17.2 Å². The number of rotatable bonds is 44. The SMILES string of the molecule is CCCCCCCCC1(CCCCCCCC)Oc2cc(C)ccc2-c2ccc(C)cc21.CCCCCCCCC1(CCCCCCCC)c2cc(C)ccc2-c2c1cc(C)c1ccccc21.CCCCCCCCOc1cc2c(cc1C)oc1cc(C)c(C)cc12.CCCCCCCCOc1cc2c(cc1C)sc1cc(C)c(C)cc12.Cc1ccc(C)c2nsnc12. The normalized spacial score (nSPS) is 12.7. The number of furan rings is 1. The average Bonchev–Trinajstić information content (AvgIpc) is 1.55. The van der Waals surface area contributed by atoms with Crippen LogP contribution in [-0.2, 0) is 11.0 Å². The second-order valence-corrected chi connectivity index (χ2v) is 40.3. The molecule has 6 nitrogen and oxygen atoms in total. The Hall–Kier alpha value is -8.30. The van der Waals surface area contributed by atoms with E-state index in [0.29, 0.717) is 0 Å². The summed E-state index contributed by atoms with van der Waals surface area (Å²) < 4.78 is 36.5. The summed E-state index contributed by atoms with van der Waals surface area (Å²) in [6, 6.07) is 54.8.